The van der Waals surface area contributed by atoms with E-state index in [1.165, 1.54) is 36.0 Å². The number of amides is 1. The lowest BCUT2D eigenvalue weighted by molar-refractivity contribution is -0.119. The summed E-state index contributed by atoms with van der Waals surface area (Å²) in [6, 6.07) is 8.80. The van der Waals surface area contributed by atoms with Crippen LogP contribution in [0.1, 0.15) is 40.4 Å². The Hall–Kier alpha value is -2.92. The second kappa shape index (κ2) is 8.18. The molecule has 0 bridgehead atoms. The Balaban J connectivity index is 1.70. The summed E-state index contributed by atoms with van der Waals surface area (Å²) < 4.78 is 17.9. The first-order valence-corrected chi connectivity index (χ1v) is 9.46. The number of aromatic nitrogens is 1. The van der Waals surface area contributed by atoms with Crippen molar-refractivity contribution in [2.75, 3.05) is 18.2 Å². The molecule has 0 saturated heterocycles. The van der Waals surface area contributed by atoms with E-state index in [0.717, 1.165) is 18.5 Å². The zero-order valence-electron chi connectivity index (χ0n) is 14.5. The van der Waals surface area contributed by atoms with Gasteiger partial charge in [0.25, 0.3) is 5.91 Å². The number of halogens is 1. The van der Waals surface area contributed by atoms with Crippen molar-refractivity contribution < 1.29 is 18.7 Å². The average molecular weight is 385 g/mol. The molecular weight excluding hydrogens is 369 g/mol. The number of carbonyl (C=O) groups excluding carboxylic acids is 2. The molecule has 1 heterocycles. The van der Waals surface area contributed by atoms with Gasteiger partial charge in [-0.3, -0.25) is 4.79 Å². The molecule has 1 fully saturated rings. The van der Waals surface area contributed by atoms with Gasteiger partial charge >= 0.3 is 5.97 Å². The summed E-state index contributed by atoms with van der Waals surface area (Å²) >= 11 is 1.29. The molecule has 0 spiro atoms. The van der Waals surface area contributed by atoms with Gasteiger partial charge in [-0.15, -0.1) is 11.8 Å². The number of hydrogen-bond acceptors (Lipinski definition) is 6. The van der Waals surface area contributed by atoms with E-state index < -0.39 is 24.3 Å². The molecule has 1 aromatic heterocycles. The molecule has 6 nitrogen and oxygen atoms in total. The molecule has 0 atom stereocenters. The van der Waals surface area contributed by atoms with Gasteiger partial charge in [0.05, 0.1) is 11.1 Å². The van der Waals surface area contributed by atoms with Gasteiger partial charge in [-0.05, 0) is 49.4 Å². The van der Waals surface area contributed by atoms with Gasteiger partial charge in [-0.25, -0.2) is 14.2 Å². The van der Waals surface area contributed by atoms with E-state index in [1.54, 1.807) is 12.3 Å². The standard InChI is InChI=1S/C19H16FN3O3S/c1-27-18-15(9-21)14(8-16(23-18)11-2-3-11)19(25)26-10-17(24)22-13-6-4-12(20)5-7-13/h4-8,11H,2-3,10H2,1H3,(H,22,24). The van der Waals surface area contributed by atoms with Crippen LogP contribution in [0.3, 0.4) is 0 Å². The molecule has 27 heavy (non-hydrogen) atoms. The molecular formula is C19H16FN3O3S. The maximum atomic E-state index is 12.9. The number of thioether (sulfide) groups is 1. The maximum absolute atomic E-state index is 12.9. The number of carbonyl (C=O) groups is 2. The fourth-order valence-electron chi connectivity index (χ4n) is 2.48. The molecule has 1 aromatic carbocycles. The van der Waals surface area contributed by atoms with Crippen LogP contribution < -0.4 is 5.32 Å². The minimum absolute atomic E-state index is 0.119. The third-order valence-corrected chi connectivity index (χ3v) is 4.67. The van der Waals surface area contributed by atoms with Gasteiger partial charge < -0.3 is 10.1 Å². The number of ether oxygens (including phenoxy) is 1. The Morgan fingerprint density at radius 1 is 1.37 bits per heavy atom. The Labute approximate surface area is 159 Å². The van der Waals surface area contributed by atoms with E-state index in [9.17, 15) is 19.2 Å². The lowest BCUT2D eigenvalue weighted by Gasteiger charge is -2.11. The van der Waals surface area contributed by atoms with Crippen molar-refractivity contribution in [1.82, 2.24) is 4.98 Å². The summed E-state index contributed by atoms with van der Waals surface area (Å²) in [6.45, 7) is -0.517. The Morgan fingerprint density at radius 3 is 2.67 bits per heavy atom. The fraction of sp³-hybridized carbons (Fsp3) is 0.263. The van der Waals surface area contributed by atoms with Crippen LogP contribution in [-0.2, 0) is 9.53 Å². The largest absolute Gasteiger partial charge is 0.452 e. The molecule has 138 valence electrons. The monoisotopic (exact) mass is 385 g/mol. The first-order valence-electron chi connectivity index (χ1n) is 8.23. The molecule has 0 unspecified atom stereocenters. The number of benzene rings is 1. The average Bonchev–Trinajstić information content (AvgIpc) is 3.52. The SMILES string of the molecule is CSc1nc(C2CC2)cc(C(=O)OCC(=O)Nc2ccc(F)cc2)c1C#N. The van der Waals surface area contributed by atoms with E-state index in [1.807, 2.05) is 6.07 Å². The molecule has 1 saturated carbocycles. The van der Waals surface area contributed by atoms with E-state index in [2.05, 4.69) is 10.3 Å². The van der Waals surface area contributed by atoms with Gasteiger partial charge in [0.15, 0.2) is 6.61 Å². The minimum atomic E-state index is -0.750. The number of esters is 1. The van der Waals surface area contributed by atoms with Gasteiger partial charge in [0.1, 0.15) is 16.9 Å². The lowest BCUT2D eigenvalue weighted by Crippen LogP contribution is -2.21. The number of hydrogen-bond donors (Lipinski definition) is 1. The van der Waals surface area contributed by atoms with Crippen molar-refractivity contribution in [2.24, 2.45) is 0 Å². The van der Waals surface area contributed by atoms with Crippen LogP contribution in [0, 0.1) is 17.1 Å². The van der Waals surface area contributed by atoms with E-state index >= 15 is 0 Å². The number of nitrogens with zero attached hydrogens (tertiary/aromatic N) is 2. The topological polar surface area (TPSA) is 92.1 Å². The van der Waals surface area contributed by atoms with Gasteiger partial charge in [-0.1, -0.05) is 0 Å². The third kappa shape index (κ3) is 4.63. The summed E-state index contributed by atoms with van der Waals surface area (Å²) in [5.41, 5.74) is 1.42. The highest BCUT2D eigenvalue weighted by molar-refractivity contribution is 7.98. The van der Waals surface area contributed by atoms with Crippen molar-refractivity contribution >= 4 is 29.3 Å². The van der Waals surface area contributed by atoms with Crippen LogP contribution in [0.15, 0.2) is 35.4 Å². The molecule has 0 radical (unpaired) electrons. The summed E-state index contributed by atoms with van der Waals surface area (Å²) in [4.78, 5) is 28.8. The first kappa shape index (κ1) is 18.9. The van der Waals surface area contributed by atoms with Crippen LogP contribution in [-0.4, -0.2) is 29.7 Å². The first-order chi connectivity index (χ1) is 13.0. The zero-order valence-corrected chi connectivity index (χ0v) is 15.3. The number of pyridine rings is 1. The quantitative estimate of drug-likeness (QED) is 0.604. The molecule has 1 aliphatic carbocycles. The summed E-state index contributed by atoms with van der Waals surface area (Å²) in [5.74, 6) is -1.43. The molecule has 3 rings (SSSR count). The lowest BCUT2D eigenvalue weighted by atomic mass is 10.1. The molecule has 2 aromatic rings. The zero-order chi connectivity index (χ0) is 19.4. The Bertz CT molecular complexity index is 921. The second-order valence-electron chi connectivity index (χ2n) is 6.00. The van der Waals surface area contributed by atoms with Crippen LogP contribution >= 0.6 is 11.8 Å². The van der Waals surface area contributed by atoms with Crippen molar-refractivity contribution in [3.63, 3.8) is 0 Å². The number of anilines is 1. The van der Waals surface area contributed by atoms with Gasteiger partial charge in [0, 0.05) is 17.3 Å². The van der Waals surface area contributed by atoms with E-state index in [0.29, 0.717) is 16.6 Å². The number of nitrogens with one attached hydrogen (secondary N) is 1. The number of nitriles is 1. The molecule has 1 amide bonds. The molecule has 1 N–H and O–H groups in total. The van der Waals surface area contributed by atoms with Crippen LogP contribution in [0.2, 0.25) is 0 Å². The van der Waals surface area contributed by atoms with Crippen molar-refractivity contribution in [2.45, 2.75) is 23.8 Å². The van der Waals surface area contributed by atoms with Gasteiger partial charge in [0.2, 0.25) is 0 Å². The van der Waals surface area contributed by atoms with Gasteiger partial charge in [-0.2, -0.15) is 5.26 Å². The predicted octanol–water partition coefficient (Wildman–Crippen LogP) is 3.49. The Morgan fingerprint density at radius 2 is 2.07 bits per heavy atom. The summed E-state index contributed by atoms with van der Waals surface area (Å²) in [5, 5.41) is 12.4. The highest BCUT2D eigenvalue weighted by Gasteiger charge is 2.29. The van der Waals surface area contributed by atoms with Crippen LogP contribution in [0.4, 0.5) is 10.1 Å². The predicted molar refractivity (Wildman–Crippen MR) is 98.0 cm³/mol. The minimum Gasteiger partial charge on any atom is -0.452 e. The van der Waals surface area contributed by atoms with Crippen molar-refractivity contribution in [3.05, 3.63) is 53.0 Å². The molecule has 1 aliphatic rings. The van der Waals surface area contributed by atoms with Crippen LogP contribution in [0.5, 0.6) is 0 Å². The summed E-state index contributed by atoms with van der Waals surface area (Å²) in [6.07, 6.45) is 3.79. The Kier molecular flexibility index (Phi) is 5.72. The second-order valence-corrected chi connectivity index (χ2v) is 6.79. The van der Waals surface area contributed by atoms with E-state index in [4.69, 9.17) is 4.74 Å². The molecule has 8 heteroatoms. The maximum Gasteiger partial charge on any atom is 0.340 e. The van der Waals surface area contributed by atoms with E-state index in [-0.39, 0.29) is 11.1 Å². The summed E-state index contributed by atoms with van der Waals surface area (Å²) in [7, 11) is 0. The third-order valence-electron chi connectivity index (χ3n) is 3.99. The highest BCUT2D eigenvalue weighted by atomic mass is 32.2. The molecule has 0 aliphatic heterocycles. The normalized spacial score (nSPS) is 12.9. The highest BCUT2D eigenvalue weighted by Crippen LogP contribution is 2.40. The van der Waals surface area contributed by atoms with Crippen molar-refractivity contribution in [3.8, 4) is 6.07 Å². The number of rotatable bonds is 6. The van der Waals surface area contributed by atoms with Crippen molar-refractivity contribution in [1.29, 1.82) is 5.26 Å². The fourth-order valence-corrected chi connectivity index (χ4v) is 3.04. The van der Waals surface area contributed by atoms with Crippen LogP contribution in [0.25, 0.3) is 0 Å². The smallest absolute Gasteiger partial charge is 0.340 e.